The first-order chi connectivity index (χ1) is 7.86. The minimum absolute atomic E-state index is 0.719. The summed E-state index contributed by atoms with van der Waals surface area (Å²) in [6.07, 6.45) is 1.87. The molecule has 3 heterocycles. The number of hydrogen-bond donors (Lipinski definition) is 1. The van der Waals surface area contributed by atoms with Crippen molar-refractivity contribution < 1.29 is 4.74 Å². The van der Waals surface area contributed by atoms with Crippen molar-refractivity contribution in [1.82, 2.24) is 9.38 Å². The van der Waals surface area contributed by atoms with Crippen molar-refractivity contribution in [3.05, 3.63) is 24.4 Å². The number of pyridine rings is 1. The first-order valence-electron chi connectivity index (χ1n) is 5.41. The van der Waals surface area contributed by atoms with Gasteiger partial charge in [-0.05, 0) is 12.1 Å². The van der Waals surface area contributed by atoms with Gasteiger partial charge >= 0.3 is 0 Å². The molecule has 5 heteroatoms. The highest BCUT2D eigenvalue weighted by Crippen LogP contribution is 2.21. The van der Waals surface area contributed by atoms with Gasteiger partial charge in [-0.1, -0.05) is 6.07 Å². The highest BCUT2D eigenvalue weighted by Gasteiger charge is 2.15. The lowest BCUT2D eigenvalue weighted by Gasteiger charge is -2.28. The highest BCUT2D eigenvalue weighted by molar-refractivity contribution is 5.58. The number of nitrogen functional groups attached to an aromatic ring is 1. The number of anilines is 2. The molecular weight excluding hydrogens is 204 g/mol. The van der Waals surface area contributed by atoms with Crippen LogP contribution in [-0.2, 0) is 4.74 Å². The van der Waals surface area contributed by atoms with Crippen molar-refractivity contribution in [1.29, 1.82) is 0 Å². The second kappa shape index (κ2) is 3.68. The molecule has 0 unspecified atom stereocenters. The lowest BCUT2D eigenvalue weighted by atomic mass is 10.4. The Balaban J connectivity index is 2.09. The number of hydrogen-bond acceptors (Lipinski definition) is 4. The topological polar surface area (TPSA) is 55.8 Å². The monoisotopic (exact) mass is 218 g/mol. The molecule has 0 amide bonds. The Kier molecular flexibility index (Phi) is 2.18. The lowest BCUT2D eigenvalue weighted by molar-refractivity contribution is 0.122. The van der Waals surface area contributed by atoms with Crippen molar-refractivity contribution in [3.8, 4) is 0 Å². The van der Waals surface area contributed by atoms with Crippen molar-refractivity contribution in [2.75, 3.05) is 36.9 Å². The number of fused-ring (bicyclic) bond motifs is 1. The Hall–Kier alpha value is -1.75. The fourth-order valence-electron chi connectivity index (χ4n) is 2.06. The van der Waals surface area contributed by atoms with E-state index in [1.165, 1.54) is 0 Å². The number of imidazole rings is 1. The summed E-state index contributed by atoms with van der Waals surface area (Å²) in [7, 11) is 0. The number of nitrogens with two attached hydrogens (primary N) is 1. The van der Waals surface area contributed by atoms with E-state index in [1.54, 1.807) is 0 Å². The maximum atomic E-state index is 5.97. The number of nitrogens with zero attached hydrogens (tertiary/aromatic N) is 3. The zero-order chi connectivity index (χ0) is 11.0. The van der Waals surface area contributed by atoms with E-state index in [0.717, 1.165) is 43.6 Å². The van der Waals surface area contributed by atoms with Crippen LogP contribution in [-0.4, -0.2) is 35.7 Å². The number of aromatic nitrogens is 2. The highest BCUT2D eigenvalue weighted by atomic mass is 16.5. The van der Waals surface area contributed by atoms with Gasteiger partial charge in [0.1, 0.15) is 17.3 Å². The summed E-state index contributed by atoms with van der Waals surface area (Å²) >= 11 is 0. The third-order valence-electron chi connectivity index (χ3n) is 2.88. The standard InChI is InChI=1S/C11H14N4O/c12-9-2-1-3-10-13-8-11(15(9)10)14-4-6-16-7-5-14/h1-3,8H,4-7,12H2. The van der Waals surface area contributed by atoms with Gasteiger partial charge in [0, 0.05) is 13.1 Å². The number of morpholine rings is 1. The fraction of sp³-hybridized carbons (Fsp3) is 0.364. The van der Waals surface area contributed by atoms with E-state index < -0.39 is 0 Å². The second-order valence-electron chi connectivity index (χ2n) is 3.86. The summed E-state index contributed by atoms with van der Waals surface area (Å²) < 4.78 is 7.31. The molecule has 84 valence electrons. The molecule has 2 aromatic heterocycles. The van der Waals surface area contributed by atoms with Gasteiger partial charge in [-0.25, -0.2) is 4.98 Å². The minimum Gasteiger partial charge on any atom is -0.385 e. The predicted octanol–water partition coefficient (Wildman–Crippen LogP) is 0.753. The van der Waals surface area contributed by atoms with Crippen LogP contribution in [0.2, 0.25) is 0 Å². The van der Waals surface area contributed by atoms with Crippen molar-refractivity contribution in [2.45, 2.75) is 0 Å². The molecule has 2 aromatic rings. The van der Waals surface area contributed by atoms with Crippen LogP contribution in [0.4, 0.5) is 11.6 Å². The minimum atomic E-state index is 0.719. The molecule has 0 radical (unpaired) electrons. The van der Waals surface area contributed by atoms with E-state index >= 15 is 0 Å². The third-order valence-corrected chi connectivity index (χ3v) is 2.88. The fourth-order valence-corrected chi connectivity index (χ4v) is 2.06. The van der Waals surface area contributed by atoms with E-state index in [4.69, 9.17) is 10.5 Å². The summed E-state index contributed by atoms with van der Waals surface area (Å²) in [6.45, 7) is 3.31. The Morgan fingerprint density at radius 1 is 1.25 bits per heavy atom. The van der Waals surface area contributed by atoms with Gasteiger partial charge in [-0.15, -0.1) is 0 Å². The number of rotatable bonds is 1. The molecule has 0 spiro atoms. The van der Waals surface area contributed by atoms with Gasteiger partial charge in [0.25, 0.3) is 0 Å². The summed E-state index contributed by atoms with van der Waals surface area (Å²) in [6, 6.07) is 5.76. The molecule has 0 bridgehead atoms. The van der Waals surface area contributed by atoms with Gasteiger partial charge in [0.2, 0.25) is 0 Å². The molecule has 0 aromatic carbocycles. The molecule has 0 saturated carbocycles. The average Bonchev–Trinajstić information content (AvgIpc) is 2.75. The maximum Gasteiger partial charge on any atom is 0.139 e. The van der Waals surface area contributed by atoms with Crippen LogP contribution in [0.25, 0.3) is 5.65 Å². The van der Waals surface area contributed by atoms with Gasteiger partial charge < -0.3 is 15.4 Å². The SMILES string of the molecule is Nc1cccc2ncc(N3CCOCC3)n12. The van der Waals surface area contributed by atoms with Crippen LogP contribution in [0.15, 0.2) is 24.4 Å². The summed E-state index contributed by atoms with van der Waals surface area (Å²) in [5, 5.41) is 0. The first kappa shape index (κ1) is 9.47. The van der Waals surface area contributed by atoms with E-state index in [9.17, 15) is 0 Å². The van der Waals surface area contributed by atoms with Crippen molar-refractivity contribution in [3.63, 3.8) is 0 Å². The Labute approximate surface area is 93.4 Å². The largest absolute Gasteiger partial charge is 0.385 e. The predicted molar refractivity (Wildman–Crippen MR) is 62.6 cm³/mol. The number of ether oxygens (including phenoxy) is 1. The molecule has 1 saturated heterocycles. The van der Waals surface area contributed by atoms with E-state index in [0.29, 0.717) is 0 Å². The van der Waals surface area contributed by atoms with E-state index in [1.807, 2.05) is 28.8 Å². The molecule has 1 aliphatic heterocycles. The van der Waals surface area contributed by atoms with Gasteiger partial charge in [-0.2, -0.15) is 0 Å². The van der Waals surface area contributed by atoms with E-state index in [-0.39, 0.29) is 0 Å². The normalized spacial score (nSPS) is 16.9. The summed E-state index contributed by atoms with van der Waals surface area (Å²) in [4.78, 5) is 6.61. The molecule has 3 rings (SSSR count). The maximum absolute atomic E-state index is 5.97. The van der Waals surface area contributed by atoms with Crippen molar-refractivity contribution in [2.24, 2.45) is 0 Å². The Morgan fingerprint density at radius 3 is 2.88 bits per heavy atom. The molecule has 16 heavy (non-hydrogen) atoms. The smallest absolute Gasteiger partial charge is 0.139 e. The van der Waals surface area contributed by atoms with E-state index in [2.05, 4.69) is 9.88 Å². The van der Waals surface area contributed by atoms with Crippen molar-refractivity contribution >= 4 is 17.3 Å². The molecule has 2 N–H and O–H groups in total. The van der Waals surface area contributed by atoms with Crippen LogP contribution in [0, 0.1) is 0 Å². The second-order valence-corrected chi connectivity index (χ2v) is 3.86. The quantitative estimate of drug-likeness (QED) is 0.767. The molecular formula is C11H14N4O. The van der Waals surface area contributed by atoms with Crippen LogP contribution >= 0.6 is 0 Å². The summed E-state index contributed by atoms with van der Waals surface area (Å²) in [5.74, 6) is 1.77. The average molecular weight is 218 g/mol. The Morgan fingerprint density at radius 2 is 2.06 bits per heavy atom. The van der Waals surface area contributed by atoms with Crippen LogP contribution < -0.4 is 10.6 Å². The van der Waals surface area contributed by atoms with Gasteiger partial charge in [0.15, 0.2) is 0 Å². The lowest BCUT2D eigenvalue weighted by Crippen LogP contribution is -2.37. The van der Waals surface area contributed by atoms with Crippen LogP contribution in [0.3, 0.4) is 0 Å². The molecule has 1 aliphatic rings. The summed E-state index contributed by atoms with van der Waals surface area (Å²) in [5.41, 5.74) is 6.86. The zero-order valence-electron chi connectivity index (χ0n) is 8.97. The first-order valence-corrected chi connectivity index (χ1v) is 5.41. The molecule has 1 fully saturated rings. The Bertz CT molecular complexity index is 502. The molecule has 0 aliphatic carbocycles. The van der Waals surface area contributed by atoms with Crippen LogP contribution in [0.5, 0.6) is 0 Å². The zero-order valence-corrected chi connectivity index (χ0v) is 8.97. The van der Waals surface area contributed by atoms with Gasteiger partial charge in [-0.3, -0.25) is 4.40 Å². The van der Waals surface area contributed by atoms with Gasteiger partial charge in [0.05, 0.1) is 19.4 Å². The third kappa shape index (κ3) is 1.40. The van der Waals surface area contributed by atoms with Crippen LogP contribution in [0.1, 0.15) is 0 Å². The molecule has 0 atom stereocenters. The molecule has 5 nitrogen and oxygen atoms in total.